The van der Waals surface area contributed by atoms with Crippen molar-refractivity contribution in [1.29, 1.82) is 0 Å². The number of nitrogens with zero attached hydrogens (tertiary/aromatic N) is 2. The zero-order valence-corrected chi connectivity index (χ0v) is 10.1. The second-order valence-electron chi connectivity index (χ2n) is 4.37. The number of likely N-dealkylation sites (N-methyl/N-ethyl adjacent to an activating group) is 1. The summed E-state index contributed by atoms with van der Waals surface area (Å²) in [6, 6.07) is 0.366. The molecule has 4 N–H and O–H groups in total. The smallest absolute Gasteiger partial charge is 0.276 e. The first-order chi connectivity index (χ1) is 8.24. The van der Waals surface area contributed by atoms with E-state index in [1.165, 1.54) is 12.7 Å². The van der Waals surface area contributed by atoms with Gasteiger partial charge in [0.15, 0.2) is 5.82 Å². The predicted octanol–water partition coefficient (Wildman–Crippen LogP) is -0.0696. The molecule has 1 fully saturated rings. The molecule has 0 aliphatic carbocycles. The van der Waals surface area contributed by atoms with Crippen LogP contribution in [0.4, 0.5) is 11.5 Å². The highest BCUT2D eigenvalue weighted by Gasteiger charge is 2.25. The number of hydrogen-bond donors (Lipinski definition) is 3. The molecule has 1 aliphatic rings. The summed E-state index contributed by atoms with van der Waals surface area (Å²) in [5.74, 6) is 0.619. The van der Waals surface area contributed by atoms with Gasteiger partial charge >= 0.3 is 0 Å². The van der Waals surface area contributed by atoms with Crippen molar-refractivity contribution >= 4 is 11.5 Å². The first-order valence-electron chi connectivity index (χ1n) is 5.98. The van der Waals surface area contributed by atoms with Crippen LogP contribution >= 0.6 is 0 Å². The van der Waals surface area contributed by atoms with E-state index in [4.69, 9.17) is 5.73 Å². The van der Waals surface area contributed by atoms with Crippen molar-refractivity contribution in [1.82, 2.24) is 15.3 Å². The molecule has 0 spiro atoms. The molecule has 0 radical (unpaired) electrons. The molecular weight excluding hydrogens is 218 g/mol. The topological polar surface area (TPSA) is 87.0 Å². The number of aromatic nitrogens is 2. The van der Waals surface area contributed by atoms with E-state index in [-0.39, 0.29) is 11.2 Å². The van der Waals surface area contributed by atoms with Gasteiger partial charge in [0.05, 0.1) is 6.33 Å². The molecule has 0 saturated carbocycles. The number of nitrogens with one attached hydrogen (secondary N) is 2. The van der Waals surface area contributed by atoms with Crippen LogP contribution in [-0.2, 0) is 0 Å². The Balaban J connectivity index is 2.29. The van der Waals surface area contributed by atoms with Gasteiger partial charge in [-0.3, -0.25) is 4.79 Å². The summed E-state index contributed by atoms with van der Waals surface area (Å²) >= 11 is 0. The van der Waals surface area contributed by atoms with Crippen LogP contribution in [0.25, 0.3) is 0 Å². The van der Waals surface area contributed by atoms with Crippen molar-refractivity contribution in [3.63, 3.8) is 0 Å². The average Bonchev–Trinajstić information content (AvgIpc) is 2.34. The lowest BCUT2D eigenvalue weighted by atomic mass is 10.0. The van der Waals surface area contributed by atoms with Crippen molar-refractivity contribution in [2.24, 2.45) is 0 Å². The van der Waals surface area contributed by atoms with Gasteiger partial charge in [0.25, 0.3) is 5.56 Å². The Labute approximate surface area is 100 Å². The second-order valence-corrected chi connectivity index (χ2v) is 4.37. The zero-order valence-electron chi connectivity index (χ0n) is 10.1. The van der Waals surface area contributed by atoms with Gasteiger partial charge in [-0.1, -0.05) is 0 Å². The number of piperidine rings is 1. The van der Waals surface area contributed by atoms with Crippen LogP contribution in [0.5, 0.6) is 0 Å². The van der Waals surface area contributed by atoms with Gasteiger partial charge < -0.3 is 20.9 Å². The van der Waals surface area contributed by atoms with E-state index < -0.39 is 0 Å². The highest BCUT2D eigenvalue weighted by Crippen LogP contribution is 2.24. The monoisotopic (exact) mass is 237 g/mol. The molecule has 1 atom stereocenters. The van der Waals surface area contributed by atoms with Crippen LogP contribution in [-0.4, -0.2) is 36.1 Å². The Hall–Kier alpha value is -1.56. The molecule has 2 heterocycles. The standard InChI is InChI=1S/C11H19N5O/c1-13-6-8-4-2-3-5-16(8)10-9(12)11(17)15-7-14-10/h7-8,13H,2-6,12H2,1H3,(H,14,15,17). The maximum atomic E-state index is 11.5. The molecule has 94 valence electrons. The zero-order chi connectivity index (χ0) is 12.3. The molecule has 2 rings (SSSR count). The highest BCUT2D eigenvalue weighted by atomic mass is 16.1. The molecule has 0 aromatic carbocycles. The normalized spacial score (nSPS) is 20.5. The Bertz CT molecular complexity index is 428. The molecule has 1 aliphatic heterocycles. The van der Waals surface area contributed by atoms with Crippen LogP contribution in [0, 0.1) is 0 Å². The van der Waals surface area contributed by atoms with Crippen molar-refractivity contribution in [3.05, 3.63) is 16.7 Å². The van der Waals surface area contributed by atoms with E-state index in [1.54, 1.807) is 0 Å². The fraction of sp³-hybridized carbons (Fsp3) is 0.636. The number of rotatable bonds is 3. The van der Waals surface area contributed by atoms with E-state index in [1.807, 2.05) is 7.05 Å². The van der Waals surface area contributed by atoms with E-state index in [2.05, 4.69) is 20.2 Å². The van der Waals surface area contributed by atoms with Gasteiger partial charge in [-0.05, 0) is 26.3 Å². The molecule has 0 bridgehead atoms. The first kappa shape index (κ1) is 11.9. The van der Waals surface area contributed by atoms with Crippen molar-refractivity contribution in [2.75, 3.05) is 30.8 Å². The third kappa shape index (κ3) is 2.41. The van der Waals surface area contributed by atoms with Gasteiger partial charge in [0.2, 0.25) is 0 Å². The number of hydrogen-bond acceptors (Lipinski definition) is 5. The summed E-state index contributed by atoms with van der Waals surface area (Å²) in [5, 5.41) is 3.18. The second kappa shape index (κ2) is 5.18. The minimum absolute atomic E-state index is 0.218. The predicted molar refractivity (Wildman–Crippen MR) is 68.2 cm³/mol. The SMILES string of the molecule is CNCC1CCCCN1c1nc[nH]c(=O)c1N. The molecular formula is C11H19N5O. The molecule has 0 amide bonds. The third-order valence-corrected chi connectivity index (χ3v) is 3.21. The van der Waals surface area contributed by atoms with E-state index in [0.29, 0.717) is 11.9 Å². The molecule has 1 saturated heterocycles. The summed E-state index contributed by atoms with van der Waals surface area (Å²) in [4.78, 5) is 20.3. The maximum Gasteiger partial charge on any atom is 0.276 e. The Kier molecular flexibility index (Phi) is 3.63. The Morgan fingerprint density at radius 2 is 2.47 bits per heavy atom. The number of nitrogen functional groups attached to an aromatic ring is 1. The van der Waals surface area contributed by atoms with Gasteiger partial charge in [-0.2, -0.15) is 0 Å². The quantitative estimate of drug-likeness (QED) is 0.685. The minimum atomic E-state index is -0.260. The van der Waals surface area contributed by atoms with Crippen LogP contribution in [0.1, 0.15) is 19.3 Å². The van der Waals surface area contributed by atoms with Crippen LogP contribution in [0.2, 0.25) is 0 Å². The van der Waals surface area contributed by atoms with E-state index in [9.17, 15) is 4.79 Å². The van der Waals surface area contributed by atoms with Gasteiger partial charge in [-0.15, -0.1) is 0 Å². The summed E-state index contributed by atoms with van der Waals surface area (Å²) in [6.07, 6.45) is 4.86. The van der Waals surface area contributed by atoms with Crippen molar-refractivity contribution < 1.29 is 0 Å². The summed E-state index contributed by atoms with van der Waals surface area (Å²) in [7, 11) is 1.93. The number of anilines is 2. The number of nitrogens with two attached hydrogens (primary N) is 1. The number of H-pyrrole nitrogens is 1. The van der Waals surface area contributed by atoms with E-state index in [0.717, 1.165) is 25.9 Å². The lowest BCUT2D eigenvalue weighted by molar-refractivity contribution is 0.443. The average molecular weight is 237 g/mol. The molecule has 6 nitrogen and oxygen atoms in total. The maximum absolute atomic E-state index is 11.5. The van der Waals surface area contributed by atoms with Crippen LogP contribution < -0.4 is 21.5 Å². The van der Waals surface area contributed by atoms with Gasteiger partial charge in [0, 0.05) is 19.1 Å². The van der Waals surface area contributed by atoms with Crippen molar-refractivity contribution in [2.45, 2.75) is 25.3 Å². The van der Waals surface area contributed by atoms with Crippen molar-refractivity contribution in [3.8, 4) is 0 Å². The number of aromatic amines is 1. The Morgan fingerprint density at radius 3 is 3.24 bits per heavy atom. The Morgan fingerprint density at radius 1 is 1.65 bits per heavy atom. The lowest BCUT2D eigenvalue weighted by Gasteiger charge is -2.36. The van der Waals surface area contributed by atoms with Gasteiger partial charge in [0.1, 0.15) is 5.69 Å². The van der Waals surface area contributed by atoms with Gasteiger partial charge in [-0.25, -0.2) is 4.98 Å². The fourth-order valence-electron chi connectivity index (χ4n) is 2.36. The largest absolute Gasteiger partial charge is 0.391 e. The first-order valence-corrected chi connectivity index (χ1v) is 5.98. The third-order valence-electron chi connectivity index (χ3n) is 3.21. The summed E-state index contributed by atoms with van der Waals surface area (Å²) < 4.78 is 0. The van der Waals surface area contributed by atoms with E-state index >= 15 is 0 Å². The lowest BCUT2D eigenvalue weighted by Crippen LogP contribution is -2.46. The summed E-state index contributed by atoms with van der Waals surface area (Å²) in [5.41, 5.74) is 5.76. The fourth-order valence-corrected chi connectivity index (χ4v) is 2.36. The van der Waals surface area contributed by atoms with Crippen LogP contribution in [0.15, 0.2) is 11.1 Å². The molecule has 17 heavy (non-hydrogen) atoms. The molecule has 1 aromatic heterocycles. The molecule has 1 unspecified atom stereocenters. The minimum Gasteiger partial charge on any atom is -0.391 e. The molecule has 1 aromatic rings. The summed E-state index contributed by atoms with van der Waals surface area (Å²) in [6.45, 7) is 1.79. The van der Waals surface area contributed by atoms with Crippen LogP contribution in [0.3, 0.4) is 0 Å². The highest BCUT2D eigenvalue weighted by molar-refractivity contribution is 5.61. The molecule has 6 heteroatoms.